The molecule has 0 spiro atoms. The summed E-state index contributed by atoms with van der Waals surface area (Å²) in [5.41, 5.74) is 1.32. The van der Waals surface area contributed by atoms with Gasteiger partial charge in [-0.2, -0.15) is 0 Å². The molecule has 0 bridgehead atoms. The Bertz CT molecular complexity index is 916. The van der Waals surface area contributed by atoms with Crippen molar-refractivity contribution >= 4 is 28.9 Å². The van der Waals surface area contributed by atoms with Crippen LogP contribution in [0.25, 0.3) is 0 Å². The topological polar surface area (TPSA) is 59.6 Å². The maximum atomic E-state index is 12.3. The van der Waals surface area contributed by atoms with Gasteiger partial charge >= 0.3 is 0 Å². The summed E-state index contributed by atoms with van der Waals surface area (Å²) in [5.74, 6) is 1.65. The van der Waals surface area contributed by atoms with Gasteiger partial charge < -0.3 is 20.1 Å². The molecule has 0 heterocycles. The fourth-order valence-electron chi connectivity index (χ4n) is 2.43. The van der Waals surface area contributed by atoms with E-state index in [4.69, 9.17) is 21.1 Å². The molecule has 138 valence electrons. The number of ether oxygens (including phenoxy) is 2. The number of nitrogens with one attached hydrogen (secondary N) is 2. The Morgan fingerprint density at radius 1 is 0.963 bits per heavy atom. The minimum absolute atomic E-state index is 0.0856. The van der Waals surface area contributed by atoms with Crippen LogP contribution in [-0.2, 0) is 4.79 Å². The first-order valence-electron chi connectivity index (χ1n) is 8.35. The number of rotatable bonds is 7. The molecule has 0 saturated heterocycles. The minimum atomic E-state index is -0.203. The first-order chi connectivity index (χ1) is 13.2. The van der Waals surface area contributed by atoms with Gasteiger partial charge in [-0.3, -0.25) is 4.79 Å². The van der Waals surface area contributed by atoms with Crippen molar-refractivity contribution in [2.45, 2.75) is 0 Å². The number of halogens is 1. The Balaban J connectivity index is 1.62. The summed E-state index contributed by atoms with van der Waals surface area (Å²) in [6.07, 6.45) is 0. The second kappa shape index (κ2) is 8.96. The number of methoxy groups -OCH3 is 1. The van der Waals surface area contributed by atoms with Crippen LogP contribution in [0.4, 0.5) is 11.4 Å². The van der Waals surface area contributed by atoms with Crippen molar-refractivity contribution in [2.24, 2.45) is 0 Å². The van der Waals surface area contributed by atoms with E-state index in [1.165, 1.54) is 0 Å². The number of benzene rings is 3. The van der Waals surface area contributed by atoms with E-state index < -0.39 is 0 Å². The highest BCUT2D eigenvalue weighted by Gasteiger charge is 2.09. The van der Waals surface area contributed by atoms with Crippen molar-refractivity contribution in [3.8, 4) is 17.2 Å². The van der Waals surface area contributed by atoms with Gasteiger partial charge in [0.15, 0.2) is 5.75 Å². The highest BCUT2D eigenvalue weighted by molar-refractivity contribution is 6.32. The molecule has 0 radical (unpaired) electrons. The summed E-state index contributed by atoms with van der Waals surface area (Å²) in [5, 5.41) is 6.36. The lowest BCUT2D eigenvalue weighted by Crippen LogP contribution is -2.22. The second-order valence-electron chi connectivity index (χ2n) is 5.66. The summed E-state index contributed by atoms with van der Waals surface area (Å²) in [6.45, 7) is 0.0856. The van der Waals surface area contributed by atoms with Gasteiger partial charge in [0.05, 0.1) is 24.4 Å². The van der Waals surface area contributed by atoms with E-state index in [1.807, 2.05) is 42.5 Å². The monoisotopic (exact) mass is 382 g/mol. The van der Waals surface area contributed by atoms with E-state index in [-0.39, 0.29) is 12.5 Å². The molecular weight excluding hydrogens is 364 g/mol. The molecule has 5 nitrogen and oxygen atoms in total. The van der Waals surface area contributed by atoms with E-state index in [2.05, 4.69) is 10.6 Å². The molecule has 0 saturated carbocycles. The van der Waals surface area contributed by atoms with Crippen molar-refractivity contribution in [3.05, 3.63) is 77.8 Å². The lowest BCUT2D eigenvalue weighted by atomic mass is 10.2. The van der Waals surface area contributed by atoms with E-state index in [0.29, 0.717) is 28.0 Å². The van der Waals surface area contributed by atoms with Crippen LogP contribution in [0, 0.1) is 0 Å². The largest absolute Gasteiger partial charge is 0.495 e. The first-order valence-corrected chi connectivity index (χ1v) is 8.72. The van der Waals surface area contributed by atoms with Crippen LogP contribution in [0.5, 0.6) is 17.2 Å². The zero-order valence-electron chi connectivity index (χ0n) is 14.7. The normalized spacial score (nSPS) is 10.1. The molecule has 3 aromatic rings. The number of carbonyl (C=O) groups is 1. The van der Waals surface area contributed by atoms with Gasteiger partial charge in [0.2, 0.25) is 5.91 Å². The molecule has 27 heavy (non-hydrogen) atoms. The molecule has 1 amide bonds. The van der Waals surface area contributed by atoms with Gasteiger partial charge in [0.1, 0.15) is 11.5 Å². The number of carbonyl (C=O) groups excluding carboxylic acids is 1. The third-order valence-electron chi connectivity index (χ3n) is 3.74. The number of amides is 1. The van der Waals surface area contributed by atoms with E-state index in [9.17, 15) is 4.79 Å². The Morgan fingerprint density at radius 2 is 1.70 bits per heavy atom. The number of hydrogen-bond acceptors (Lipinski definition) is 4. The zero-order valence-corrected chi connectivity index (χ0v) is 15.5. The highest BCUT2D eigenvalue weighted by Crippen LogP contribution is 2.29. The molecule has 0 aliphatic rings. The fourth-order valence-corrected chi connectivity index (χ4v) is 2.69. The highest BCUT2D eigenvalue weighted by atomic mass is 35.5. The van der Waals surface area contributed by atoms with Crippen LogP contribution in [0.3, 0.4) is 0 Å². The third kappa shape index (κ3) is 5.15. The predicted molar refractivity (Wildman–Crippen MR) is 108 cm³/mol. The Labute approximate surface area is 162 Å². The Morgan fingerprint density at radius 3 is 2.44 bits per heavy atom. The Hall–Kier alpha value is -3.18. The average molecular weight is 383 g/mol. The maximum Gasteiger partial charge on any atom is 0.243 e. The fraction of sp³-hybridized carbons (Fsp3) is 0.0952. The maximum absolute atomic E-state index is 12.3. The molecule has 6 heteroatoms. The van der Waals surface area contributed by atoms with Crippen LogP contribution in [-0.4, -0.2) is 19.6 Å². The molecule has 3 rings (SSSR count). The standard InChI is InChI=1S/C21H19ClN2O3/c1-26-19-12-11-15(13-17(19)22)23-14-21(25)24-18-9-5-6-10-20(18)27-16-7-3-2-4-8-16/h2-13,23H,14H2,1H3,(H,24,25). The van der Waals surface area contributed by atoms with Crippen molar-refractivity contribution in [1.29, 1.82) is 0 Å². The van der Waals surface area contributed by atoms with Crippen LogP contribution in [0.2, 0.25) is 5.02 Å². The van der Waals surface area contributed by atoms with Crippen LogP contribution < -0.4 is 20.1 Å². The molecule has 0 aliphatic carbocycles. The minimum Gasteiger partial charge on any atom is -0.495 e. The van der Waals surface area contributed by atoms with Gasteiger partial charge in [0.25, 0.3) is 0 Å². The molecule has 0 fully saturated rings. The summed E-state index contributed by atoms with van der Waals surface area (Å²) in [7, 11) is 1.55. The SMILES string of the molecule is COc1ccc(NCC(=O)Nc2ccccc2Oc2ccccc2)cc1Cl. The molecular formula is C21H19ClN2O3. The van der Waals surface area contributed by atoms with E-state index >= 15 is 0 Å². The van der Waals surface area contributed by atoms with Gasteiger partial charge in [-0.15, -0.1) is 0 Å². The summed E-state index contributed by atoms with van der Waals surface area (Å²) in [6, 6.07) is 21.9. The van der Waals surface area contributed by atoms with Crippen molar-refractivity contribution in [3.63, 3.8) is 0 Å². The predicted octanol–water partition coefficient (Wildman–Crippen LogP) is 5.19. The van der Waals surface area contributed by atoms with Gasteiger partial charge in [0, 0.05) is 5.69 Å². The lowest BCUT2D eigenvalue weighted by Gasteiger charge is -2.13. The van der Waals surface area contributed by atoms with E-state index in [0.717, 1.165) is 5.69 Å². The number of para-hydroxylation sites is 3. The molecule has 0 atom stereocenters. The number of hydrogen-bond donors (Lipinski definition) is 2. The number of anilines is 2. The van der Waals surface area contributed by atoms with Crippen molar-refractivity contribution < 1.29 is 14.3 Å². The van der Waals surface area contributed by atoms with E-state index in [1.54, 1.807) is 37.4 Å². The Kier molecular flexibility index (Phi) is 6.18. The molecule has 0 unspecified atom stereocenters. The quantitative estimate of drug-likeness (QED) is 0.590. The molecule has 0 aromatic heterocycles. The lowest BCUT2D eigenvalue weighted by molar-refractivity contribution is -0.114. The van der Waals surface area contributed by atoms with Crippen LogP contribution >= 0.6 is 11.6 Å². The molecule has 3 aromatic carbocycles. The second-order valence-corrected chi connectivity index (χ2v) is 6.07. The van der Waals surface area contributed by atoms with Crippen LogP contribution in [0.1, 0.15) is 0 Å². The first kappa shape index (κ1) is 18.6. The third-order valence-corrected chi connectivity index (χ3v) is 4.03. The van der Waals surface area contributed by atoms with Crippen molar-refractivity contribution in [2.75, 3.05) is 24.3 Å². The van der Waals surface area contributed by atoms with Gasteiger partial charge in [-0.1, -0.05) is 41.9 Å². The van der Waals surface area contributed by atoms with Gasteiger partial charge in [-0.25, -0.2) is 0 Å². The molecule has 2 N–H and O–H groups in total. The summed E-state index contributed by atoms with van der Waals surface area (Å²) >= 11 is 6.09. The average Bonchev–Trinajstić information content (AvgIpc) is 2.69. The molecule has 0 aliphatic heterocycles. The van der Waals surface area contributed by atoms with Crippen LogP contribution in [0.15, 0.2) is 72.8 Å². The summed E-state index contributed by atoms with van der Waals surface area (Å²) in [4.78, 5) is 12.3. The smallest absolute Gasteiger partial charge is 0.243 e. The zero-order chi connectivity index (χ0) is 19.1. The van der Waals surface area contributed by atoms with Gasteiger partial charge in [-0.05, 0) is 42.5 Å². The van der Waals surface area contributed by atoms with Crippen molar-refractivity contribution in [1.82, 2.24) is 0 Å². The summed E-state index contributed by atoms with van der Waals surface area (Å²) < 4.78 is 11.0.